The van der Waals surface area contributed by atoms with Gasteiger partial charge in [-0.3, -0.25) is 4.90 Å². The van der Waals surface area contributed by atoms with Crippen LogP contribution in [0.2, 0.25) is 0 Å². The van der Waals surface area contributed by atoms with Crippen molar-refractivity contribution >= 4 is 6.03 Å². The largest absolute Gasteiger partial charge is 0.389 e. The number of carbonyl (C=O) groups is 1. The van der Waals surface area contributed by atoms with Crippen LogP contribution in [0.25, 0.3) is 0 Å². The number of primary amides is 1. The molecule has 1 aromatic carbocycles. The zero-order valence-electron chi connectivity index (χ0n) is 11.9. The zero-order valence-corrected chi connectivity index (χ0v) is 11.9. The van der Waals surface area contributed by atoms with Crippen LogP contribution in [0.15, 0.2) is 30.3 Å². The minimum atomic E-state index is -0.951. The number of amides is 2. The average molecular weight is 277 g/mol. The molecule has 2 rings (SSSR count). The lowest BCUT2D eigenvalue weighted by Gasteiger charge is -2.48. The highest BCUT2D eigenvalue weighted by atomic mass is 16.3. The van der Waals surface area contributed by atoms with Gasteiger partial charge in [-0.25, -0.2) is 4.79 Å². The minimum absolute atomic E-state index is 0.625. The summed E-state index contributed by atoms with van der Waals surface area (Å²) >= 11 is 0. The fourth-order valence-electron chi connectivity index (χ4n) is 3.07. The highest BCUT2D eigenvalue weighted by Gasteiger charge is 2.44. The second kappa shape index (κ2) is 6.24. The Balaban J connectivity index is 2.46. The molecule has 1 aliphatic heterocycles. The summed E-state index contributed by atoms with van der Waals surface area (Å²) in [5.74, 6) is 0. The van der Waals surface area contributed by atoms with Gasteiger partial charge in [0.15, 0.2) is 0 Å². The topological polar surface area (TPSA) is 78.6 Å². The number of aliphatic hydroxyl groups is 1. The molecule has 2 atom stereocenters. The third-order valence-electron chi connectivity index (χ3n) is 3.99. The van der Waals surface area contributed by atoms with E-state index in [4.69, 9.17) is 5.73 Å². The lowest BCUT2D eigenvalue weighted by atomic mass is 9.90. The summed E-state index contributed by atoms with van der Waals surface area (Å²) in [7, 11) is 0. The lowest BCUT2D eigenvalue weighted by molar-refractivity contribution is -0.0525. The first-order valence-corrected chi connectivity index (χ1v) is 7.13. The molecule has 2 amide bonds. The summed E-state index contributed by atoms with van der Waals surface area (Å²) < 4.78 is 0. The van der Waals surface area contributed by atoms with Crippen molar-refractivity contribution in [3.05, 3.63) is 35.9 Å². The lowest BCUT2D eigenvalue weighted by Crippen LogP contribution is -2.65. The Bertz CT molecular complexity index is 444. The number of hydrogen-bond donors (Lipinski definition) is 3. The second-order valence-corrected chi connectivity index (χ2v) is 5.35. The third kappa shape index (κ3) is 2.78. The Morgan fingerprint density at radius 3 is 2.40 bits per heavy atom. The van der Waals surface area contributed by atoms with Gasteiger partial charge in [0.05, 0.1) is 6.10 Å². The van der Waals surface area contributed by atoms with Crippen LogP contribution in [0, 0.1) is 0 Å². The van der Waals surface area contributed by atoms with E-state index in [-0.39, 0.29) is 0 Å². The van der Waals surface area contributed by atoms with E-state index in [0.717, 1.165) is 31.5 Å². The fraction of sp³-hybridized carbons (Fsp3) is 0.533. The summed E-state index contributed by atoms with van der Waals surface area (Å²) in [6.07, 6.45) is 2.52. The molecule has 0 aliphatic carbocycles. The molecule has 0 bridgehead atoms. The zero-order chi connectivity index (χ0) is 14.6. The standard InChI is InChI=1S/C15H23N3O2/c1-12(19)15(17-14(16)20,13-8-4-2-5-9-13)18-10-6-3-7-11-18/h2,4-5,8-9,12,19H,3,6-7,10-11H2,1H3,(H3,16,17,20). The number of nitrogens with one attached hydrogen (secondary N) is 1. The van der Waals surface area contributed by atoms with Gasteiger partial charge in [-0.2, -0.15) is 0 Å². The van der Waals surface area contributed by atoms with Gasteiger partial charge in [-0.1, -0.05) is 36.8 Å². The van der Waals surface area contributed by atoms with Crippen LogP contribution < -0.4 is 11.1 Å². The molecule has 1 aromatic rings. The number of rotatable bonds is 4. The van der Waals surface area contributed by atoms with Gasteiger partial charge in [-0.05, 0) is 25.3 Å². The van der Waals surface area contributed by atoms with E-state index in [9.17, 15) is 9.90 Å². The van der Waals surface area contributed by atoms with E-state index in [1.165, 1.54) is 6.42 Å². The molecule has 0 saturated carbocycles. The molecule has 5 heteroatoms. The maximum atomic E-state index is 11.5. The first kappa shape index (κ1) is 14.8. The van der Waals surface area contributed by atoms with Gasteiger partial charge in [0.2, 0.25) is 0 Å². The van der Waals surface area contributed by atoms with Gasteiger partial charge >= 0.3 is 6.03 Å². The molecule has 0 aromatic heterocycles. The van der Waals surface area contributed by atoms with Crippen molar-refractivity contribution in [3.63, 3.8) is 0 Å². The number of urea groups is 1. The van der Waals surface area contributed by atoms with Crippen LogP contribution in [0.1, 0.15) is 31.7 Å². The minimum Gasteiger partial charge on any atom is -0.389 e. The molecule has 0 radical (unpaired) electrons. The van der Waals surface area contributed by atoms with Crippen molar-refractivity contribution in [2.75, 3.05) is 13.1 Å². The number of nitrogens with two attached hydrogens (primary N) is 1. The predicted octanol–water partition coefficient (Wildman–Crippen LogP) is 1.37. The first-order chi connectivity index (χ1) is 9.57. The molecule has 20 heavy (non-hydrogen) atoms. The quantitative estimate of drug-likeness (QED) is 0.778. The molecule has 2 unspecified atom stereocenters. The van der Waals surface area contributed by atoms with Crippen LogP contribution in [0.5, 0.6) is 0 Å². The van der Waals surface area contributed by atoms with Crippen LogP contribution in [0.4, 0.5) is 4.79 Å². The van der Waals surface area contributed by atoms with E-state index in [1.807, 2.05) is 30.3 Å². The molecule has 1 fully saturated rings. The molecular weight excluding hydrogens is 254 g/mol. The van der Waals surface area contributed by atoms with E-state index >= 15 is 0 Å². The number of carbonyl (C=O) groups excluding carboxylic acids is 1. The summed E-state index contributed by atoms with van der Waals surface area (Å²) in [5.41, 5.74) is 5.28. The Kier molecular flexibility index (Phi) is 4.62. The predicted molar refractivity (Wildman–Crippen MR) is 77.9 cm³/mol. The van der Waals surface area contributed by atoms with E-state index in [1.54, 1.807) is 6.92 Å². The molecule has 1 aliphatic rings. The Morgan fingerprint density at radius 1 is 1.30 bits per heavy atom. The molecule has 0 spiro atoms. The number of likely N-dealkylation sites (tertiary alicyclic amines) is 1. The summed E-state index contributed by atoms with van der Waals surface area (Å²) in [6.45, 7) is 3.36. The van der Waals surface area contributed by atoms with Gasteiger partial charge < -0.3 is 16.2 Å². The highest BCUT2D eigenvalue weighted by molar-refractivity contribution is 5.73. The van der Waals surface area contributed by atoms with E-state index < -0.39 is 17.8 Å². The monoisotopic (exact) mass is 277 g/mol. The Labute approximate surface area is 119 Å². The highest BCUT2D eigenvalue weighted by Crippen LogP contribution is 2.32. The number of nitrogens with zero attached hydrogens (tertiary/aromatic N) is 1. The molecule has 1 heterocycles. The smallest absolute Gasteiger partial charge is 0.313 e. The van der Waals surface area contributed by atoms with Gasteiger partial charge in [0.25, 0.3) is 0 Å². The number of benzene rings is 1. The summed E-state index contributed by atoms with van der Waals surface area (Å²) in [6, 6.07) is 8.92. The molecule has 5 nitrogen and oxygen atoms in total. The molecule has 110 valence electrons. The van der Waals surface area contributed by atoms with Crippen molar-refractivity contribution in [2.45, 2.75) is 38.0 Å². The van der Waals surface area contributed by atoms with Crippen LogP contribution in [-0.2, 0) is 5.66 Å². The SMILES string of the molecule is CC(O)C(NC(N)=O)(c1ccccc1)N1CCCCC1. The summed E-state index contributed by atoms with van der Waals surface area (Å²) in [4.78, 5) is 13.6. The third-order valence-corrected chi connectivity index (χ3v) is 3.99. The van der Waals surface area contributed by atoms with Crippen molar-refractivity contribution in [3.8, 4) is 0 Å². The van der Waals surface area contributed by atoms with E-state index in [0.29, 0.717) is 0 Å². The normalized spacial score (nSPS) is 20.9. The second-order valence-electron chi connectivity index (χ2n) is 5.35. The van der Waals surface area contributed by atoms with Crippen molar-refractivity contribution < 1.29 is 9.90 Å². The van der Waals surface area contributed by atoms with Crippen molar-refractivity contribution in [2.24, 2.45) is 5.73 Å². The number of hydrogen-bond acceptors (Lipinski definition) is 3. The summed E-state index contributed by atoms with van der Waals surface area (Å²) in [5, 5.41) is 13.2. The number of piperidine rings is 1. The van der Waals surface area contributed by atoms with Gasteiger partial charge in [-0.15, -0.1) is 0 Å². The van der Waals surface area contributed by atoms with Crippen LogP contribution in [-0.4, -0.2) is 35.2 Å². The Morgan fingerprint density at radius 2 is 1.90 bits per heavy atom. The van der Waals surface area contributed by atoms with Crippen molar-refractivity contribution in [1.82, 2.24) is 10.2 Å². The molecule has 1 saturated heterocycles. The fourth-order valence-corrected chi connectivity index (χ4v) is 3.07. The van der Waals surface area contributed by atoms with Gasteiger partial charge in [0, 0.05) is 13.1 Å². The maximum absolute atomic E-state index is 11.5. The van der Waals surface area contributed by atoms with Gasteiger partial charge in [0.1, 0.15) is 5.66 Å². The number of aliphatic hydroxyl groups excluding tert-OH is 1. The van der Waals surface area contributed by atoms with E-state index in [2.05, 4.69) is 10.2 Å². The first-order valence-electron chi connectivity index (χ1n) is 7.13. The van der Waals surface area contributed by atoms with Crippen LogP contribution >= 0.6 is 0 Å². The van der Waals surface area contributed by atoms with Crippen LogP contribution in [0.3, 0.4) is 0 Å². The average Bonchev–Trinajstić information content (AvgIpc) is 2.46. The molecular formula is C15H23N3O2. The molecule has 4 N–H and O–H groups in total. The maximum Gasteiger partial charge on any atom is 0.313 e. The van der Waals surface area contributed by atoms with Crippen molar-refractivity contribution in [1.29, 1.82) is 0 Å². The Hall–Kier alpha value is -1.59.